The molecule has 0 spiro atoms. The van der Waals surface area contributed by atoms with Gasteiger partial charge >= 0.3 is 0 Å². The molecular weight excluding hydrogens is 1900 g/mol. The van der Waals surface area contributed by atoms with Gasteiger partial charge in [-0.05, 0) is 55.6 Å². The second-order valence-corrected chi connectivity index (χ2v) is 31.8. The van der Waals surface area contributed by atoms with E-state index in [0.29, 0.717) is 37.0 Å². The molecular formula is C100H92N12Y6-6. The molecule has 576 valence electrons. The molecule has 0 aromatic heterocycles. The van der Waals surface area contributed by atoms with Gasteiger partial charge in [0, 0.05) is 301 Å². The van der Waals surface area contributed by atoms with Crippen molar-refractivity contribution in [1.82, 2.24) is 24.5 Å². The molecule has 0 saturated carbocycles. The number of fused-ring (bicyclic) bond motifs is 24. The average molecular weight is 2000 g/mol. The number of hydrogen-bond donors (Lipinski definition) is 0. The average Bonchev–Trinajstić information content (AvgIpc) is 1.55. The predicted octanol–water partition coefficient (Wildman–Crippen LogP) is 21.4. The van der Waals surface area contributed by atoms with Crippen LogP contribution < -0.4 is 34.3 Å². The number of anilines is 8. The maximum Gasteiger partial charge on any atom is 0.0719 e. The quantitative estimate of drug-likeness (QED) is 0.116. The van der Waals surface area contributed by atoms with E-state index in [1.165, 1.54) is 179 Å². The molecule has 6 radical (unpaired) electrons. The van der Waals surface area contributed by atoms with Crippen molar-refractivity contribution in [2.45, 2.75) is 78.5 Å². The van der Waals surface area contributed by atoms with E-state index < -0.39 is 0 Å². The van der Waals surface area contributed by atoms with Gasteiger partial charge < -0.3 is 58.8 Å². The normalized spacial score (nSPS) is 19.3. The fraction of sp³-hybridized carbons (Fsp3) is 0.180. The molecule has 6 atom stereocenters. The summed E-state index contributed by atoms with van der Waals surface area (Å²) in [6.07, 6.45) is 23.8. The number of hydrogen-bond acceptors (Lipinski definition) is 12. The van der Waals surface area contributed by atoms with Crippen LogP contribution in [0.15, 0.2) is 305 Å². The fourth-order valence-electron chi connectivity index (χ4n) is 20.2. The summed E-state index contributed by atoms with van der Waals surface area (Å²) in [5, 5.41) is 13.5. The summed E-state index contributed by atoms with van der Waals surface area (Å²) in [7, 11) is 12.9. The van der Waals surface area contributed by atoms with Crippen LogP contribution in [0.5, 0.6) is 0 Å². The Labute approximate surface area is 848 Å². The molecule has 0 bridgehead atoms. The van der Waals surface area contributed by atoms with Gasteiger partial charge in [-0.3, -0.25) is 0 Å². The molecule has 12 nitrogen and oxygen atoms in total. The minimum absolute atomic E-state index is 0. The Morgan fingerprint density at radius 1 is 0.229 bits per heavy atom. The van der Waals surface area contributed by atoms with E-state index >= 15 is 0 Å². The second-order valence-electron chi connectivity index (χ2n) is 31.8. The molecule has 13 aromatic carbocycles. The number of nitrogens with zero attached hydrogens (tertiary/aromatic N) is 12. The van der Waals surface area contributed by atoms with Crippen molar-refractivity contribution >= 4 is 99.4 Å². The Balaban J connectivity index is 0.000000116. The summed E-state index contributed by atoms with van der Waals surface area (Å²) in [5.41, 5.74) is 21.5. The Hall–Kier alpha value is -6.44. The first-order chi connectivity index (χ1) is 54.6. The number of para-hydroxylation sites is 4. The number of likely N-dealkylation sites (N-methyl/N-ethyl adjacent to an activating group) is 6. The third-order valence-corrected chi connectivity index (χ3v) is 25.5. The van der Waals surface area contributed by atoms with Crippen LogP contribution in [-0.4, -0.2) is 104 Å². The fourth-order valence-corrected chi connectivity index (χ4v) is 20.2. The summed E-state index contributed by atoms with van der Waals surface area (Å²) < 4.78 is 0. The Morgan fingerprint density at radius 3 is 1.25 bits per heavy atom. The first-order valence-electron chi connectivity index (χ1n) is 39.3. The second kappa shape index (κ2) is 35.4. The van der Waals surface area contributed by atoms with Crippen LogP contribution in [0.2, 0.25) is 0 Å². The molecule has 12 aliphatic rings. The molecule has 0 aliphatic carbocycles. The topological polar surface area (TPSA) is 38.9 Å². The Morgan fingerprint density at radius 2 is 0.627 bits per heavy atom. The summed E-state index contributed by atoms with van der Waals surface area (Å²) in [6, 6.07) is 87.6. The van der Waals surface area contributed by atoms with Crippen LogP contribution in [0, 0.1) is 35.5 Å². The maximum absolute atomic E-state index is 2.44. The first-order valence-corrected chi connectivity index (χ1v) is 39.3. The summed E-state index contributed by atoms with van der Waals surface area (Å²) >= 11 is 0. The van der Waals surface area contributed by atoms with E-state index in [1.54, 1.807) is 0 Å². The number of rotatable bonds is 1. The van der Waals surface area contributed by atoms with E-state index in [9.17, 15) is 0 Å². The third kappa shape index (κ3) is 14.4. The van der Waals surface area contributed by atoms with Gasteiger partial charge in [-0.25, -0.2) is 0 Å². The van der Waals surface area contributed by atoms with E-state index in [1.807, 2.05) is 0 Å². The zero-order valence-corrected chi connectivity index (χ0v) is 86.2. The summed E-state index contributed by atoms with van der Waals surface area (Å²) in [6.45, 7) is 13.4. The molecule has 18 heteroatoms. The monoisotopic (exact) mass is 1990 g/mol. The Kier molecular flexibility index (Phi) is 26.4. The minimum Gasteiger partial charge on any atom is -0.386 e. The maximum atomic E-state index is 2.44. The van der Waals surface area contributed by atoms with Crippen LogP contribution >= 0.6 is 0 Å². The van der Waals surface area contributed by atoms with Crippen molar-refractivity contribution in [2.75, 3.05) is 76.6 Å². The van der Waals surface area contributed by atoms with E-state index in [2.05, 4.69) is 447 Å². The van der Waals surface area contributed by atoms with Gasteiger partial charge in [0.1, 0.15) is 0 Å². The molecule has 0 amide bonds. The van der Waals surface area contributed by atoms with Gasteiger partial charge in [-0.1, -0.05) is 262 Å². The van der Waals surface area contributed by atoms with Crippen LogP contribution in [0.1, 0.15) is 74.9 Å². The third-order valence-electron chi connectivity index (χ3n) is 25.5. The molecule has 6 unspecified atom stereocenters. The molecule has 13 aromatic rings. The Bertz CT molecular complexity index is 5980. The van der Waals surface area contributed by atoms with Gasteiger partial charge in [-0.2, -0.15) is 63.7 Å². The molecule has 12 heterocycles. The van der Waals surface area contributed by atoms with Crippen molar-refractivity contribution in [3.05, 3.63) is 374 Å². The van der Waals surface area contributed by atoms with Crippen LogP contribution in [0.4, 0.5) is 45.5 Å². The van der Waals surface area contributed by atoms with Crippen molar-refractivity contribution in [2.24, 2.45) is 0 Å². The van der Waals surface area contributed by atoms with E-state index in [-0.39, 0.29) is 196 Å². The van der Waals surface area contributed by atoms with Gasteiger partial charge in [0.25, 0.3) is 0 Å². The molecule has 12 aliphatic heterocycles. The smallest absolute Gasteiger partial charge is 0.0719 e. The molecule has 0 N–H and O–H groups in total. The molecule has 0 fully saturated rings. The van der Waals surface area contributed by atoms with Crippen molar-refractivity contribution in [3.63, 3.8) is 0 Å². The van der Waals surface area contributed by atoms with Crippen LogP contribution in [0.25, 0.3) is 65.0 Å². The molecule has 0 saturated heterocycles. The zero-order valence-electron chi connectivity index (χ0n) is 69.2. The van der Waals surface area contributed by atoms with E-state index in [0.717, 1.165) is 0 Å². The number of benzene rings is 13. The first kappa shape index (κ1) is 87.9. The standard InChI is InChI=1S/C22H17N2.C18H17N2.3C16H15N2.C12H13N2.6Y/c1-13-19-17-9-8-15-5-3-4-14-6-7-16(21(17)20(14)15)12-18(19)24-11-10-23(2)22(13)24;1-13-16-9-8-15(14-6-4-3-5-7-14)12-17(16)20-11-10-19(2)18(13)20;1-11-12-7-3-4-8-13(12)18-15-10-6-5-9-14(15)17(2)16(11)18;1-11-14-9-12-5-3-4-6-13(12)10-15(14)18-8-7-17(2)16(11)18;1-11-13-8-7-12-5-3-4-6-14(12)15(13)18-10-9-17(2)16(11)18;1-9-10-5-3-4-6-11(10)14-8-7-13(2)12(9)14;;;;;;/h3-12,22H,1-2H3;3-12,18H,1-2H3;3*3-10,16H,1-2H3;3-8,12H,1-2H3;;;;;;/q6*-1;;;;;;. The SMILES string of the molecule is C[C-]1c2c(cc3ccc4cccc5ccc2c3c45)N2C=CN(C)C12.C[C-]1c2cc3ccccc3cc2N2C=CN(C)C12.C[C-]1c2ccc(-c3ccccc3)cc2N2C=CN(C)C12.C[C-]1c2ccc3ccccc3c2N2C=CN(C)C12.C[C-]1c2ccccc2N2C=CN(C)C12.C[C-]1c2ccccc2N2c3ccccc3N(C)C12.[Y].[Y].[Y].[Y].[Y].[Y]. The summed E-state index contributed by atoms with van der Waals surface area (Å²) in [4.78, 5) is 28.0. The molecule has 25 rings (SSSR count). The summed E-state index contributed by atoms with van der Waals surface area (Å²) in [5.74, 6) is 8.60. The van der Waals surface area contributed by atoms with Gasteiger partial charge in [0.15, 0.2) is 0 Å². The van der Waals surface area contributed by atoms with Crippen molar-refractivity contribution < 1.29 is 196 Å². The largest absolute Gasteiger partial charge is 0.386 e. The van der Waals surface area contributed by atoms with Crippen LogP contribution in [-0.2, 0) is 196 Å². The van der Waals surface area contributed by atoms with E-state index in [4.69, 9.17) is 0 Å². The van der Waals surface area contributed by atoms with Crippen LogP contribution in [0.3, 0.4) is 0 Å². The van der Waals surface area contributed by atoms with Crippen molar-refractivity contribution in [3.8, 4) is 11.1 Å². The van der Waals surface area contributed by atoms with Gasteiger partial charge in [0.05, 0.1) is 48.4 Å². The predicted molar refractivity (Wildman–Crippen MR) is 468 cm³/mol. The van der Waals surface area contributed by atoms with Crippen molar-refractivity contribution in [1.29, 1.82) is 0 Å². The van der Waals surface area contributed by atoms with Gasteiger partial charge in [-0.15, -0.1) is 71.2 Å². The minimum atomic E-state index is 0. The zero-order chi connectivity index (χ0) is 76.2. The molecule has 118 heavy (non-hydrogen) atoms. The van der Waals surface area contributed by atoms with Gasteiger partial charge in [0.2, 0.25) is 0 Å².